The molecule has 2 aliphatic rings. The van der Waals surface area contributed by atoms with Gasteiger partial charge in [-0.2, -0.15) is 0 Å². The van der Waals surface area contributed by atoms with Gasteiger partial charge in [-0.05, 0) is 62.4 Å². The first-order chi connectivity index (χ1) is 10.2. The maximum absolute atomic E-state index is 3.80. The summed E-state index contributed by atoms with van der Waals surface area (Å²) in [6.45, 7) is 1.21. The molecule has 2 fully saturated rings. The van der Waals surface area contributed by atoms with Crippen LogP contribution >= 0.6 is 0 Å². The Hall–Kier alpha value is -1.22. The Morgan fingerprint density at radius 2 is 1.81 bits per heavy atom. The van der Waals surface area contributed by atoms with E-state index in [1.165, 1.54) is 56.4 Å². The normalized spacial score (nSPS) is 29.3. The van der Waals surface area contributed by atoms with E-state index in [1.54, 1.807) is 0 Å². The molecule has 116 valence electrons. The molecule has 0 bridgehead atoms. The standard InChI is InChI=1S/C18H29N3/c1-21(2)15-11-9-14(10-12-15)20-18-8-5-6-16(18)17-7-3-4-13-19-17/h9-12,16-20H,3-8,13H2,1-2H3. The van der Waals surface area contributed by atoms with Crippen LogP contribution in [0.15, 0.2) is 24.3 Å². The van der Waals surface area contributed by atoms with E-state index in [-0.39, 0.29) is 0 Å². The number of hydrogen-bond acceptors (Lipinski definition) is 3. The van der Waals surface area contributed by atoms with E-state index < -0.39 is 0 Å². The van der Waals surface area contributed by atoms with Crippen molar-refractivity contribution in [3.63, 3.8) is 0 Å². The molecular weight excluding hydrogens is 258 g/mol. The zero-order chi connectivity index (χ0) is 14.7. The van der Waals surface area contributed by atoms with Crippen molar-refractivity contribution in [3.8, 4) is 0 Å². The lowest BCUT2D eigenvalue weighted by molar-refractivity contribution is 0.286. The average Bonchev–Trinajstić information content (AvgIpc) is 2.97. The molecule has 3 heteroatoms. The van der Waals surface area contributed by atoms with Crippen LogP contribution in [0, 0.1) is 5.92 Å². The highest BCUT2D eigenvalue weighted by atomic mass is 15.1. The summed E-state index contributed by atoms with van der Waals surface area (Å²) in [5.74, 6) is 0.804. The average molecular weight is 287 g/mol. The van der Waals surface area contributed by atoms with Crippen LogP contribution in [0.2, 0.25) is 0 Å². The van der Waals surface area contributed by atoms with Crippen LogP contribution in [0.4, 0.5) is 11.4 Å². The summed E-state index contributed by atoms with van der Waals surface area (Å²) in [5.41, 5.74) is 2.53. The van der Waals surface area contributed by atoms with Gasteiger partial charge in [0.2, 0.25) is 0 Å². The third kappa shape index (κ3) is 3.52. The van der Waals surface area contributed by atoms with Crippen LogP contribution in [0.5, 0.6) is 0 Å². The van der Waals surface area contributed by atoms with Crippen molar-refractivity contribution in [1.82, 2.24) is 5.32 Å². The molecule has 1 aromatic rings. The Morgan fingerprint density at radius 1 is 1.00 bits per heavy atom. The summed E-state index contributed by atoms with van der Waals surface area (Å²) in [5, 5.41) is 7.55. The van der Waals surface area contributed by atoms with Crippen LogP contribution < -0.4 is 15.5 Å². The van der Waals surface area contributed by atoms with Gasteiger partial charge in [0, 0.05) is 37.6 Å². The molecule has 3 atom stereocenters. The topological polar surface area (TPSA) is 27.3 Å². The van der Waals surface area contributed by atoms with Crippen molar-refractivity contribution in [3.05, 3.63) is 24.3 Å². The number of benzene rings is 1. The van der Waals surface area contributed by atoms with E-state index in [2.05, 4.69) is 53.9 Å². The molecule has 1 heterocycles. The molecule has 3 rings (SSSR count). The summed E-state index contributed by atoms with van der Waals surface area (Å²) in [4.78, 5) is 2.15. The van der Waals surface area contributed by atoms with Gasteiger partial charge in [-0.25, -0.2) is 0 Å². The van der Waals surface area contributed by atoms with Crippen molar-refractivity contribution in [2.45, 2.75) is 50.6 Å². The van der Waals surface area contributed by atoms with Crippen LogP contribution in [-0.4, -0.2) is 32.7 Å². The Kier molecular flexibility index (Phi) is 4.69. The summed E-state index contributed by atoms with van der Waals surface area (Å²) in [6.07, 6.45) is 8.19. The highest BCUT2D eigenvalue weighted by Crippen LogP contribution is 2.34. The predicted octanol–water partition coefficient (Wildman–Crippen LogP) is 3.48. The number of nitrogens with zero attached hydrogens (tertiary/aromatic N) is 1. The summed E-state index contributed by atoms with van der Waals surface area (Å²) in [7, 11) is 4.17. The van der Waals surface area contributed by atoms with Crippen molar-refractivity contribution >= 4 is 11.4 Å². The molecule has 0 radical (unpaired) electrons. The second-order valence-electron chi connectivity index (χ2n) is 6.84. The van der Waals surface area contributed by atoms with Crippen LogP contribution in [0.25, 0.3) is 0 Å². The number of nitrogens with one attached hydrogen (secondary N) is 2. The third-order valence-corrected chi connectivity index (χ3v) is 5.17. The largest absolute Gasteiger partial charge is 0.382 e. The van der Waals surface area contributed by atoms with Crippen molar-refractivity contribution in [2.75, 3.05) is 30.9 Å². The molecule has 0 amide bonds. The lowest BCUT2D eigenvalue weighted by Gasteiger charge is -2.33. The summed E-state index contributed by atoms with van der Waals surface area (Å²) < 4.78 is 0. The summed E-state index contributed by atoms with van der Waals surface area (Å²) >= 11 is 0. The zero-order valence-corrected chi connectivity index (χ0v) is 13.4. The SMILES string of the molecule is CN(C)c1ccc(NC2CCCC2C2CCCCN2)cc1. The van der Waals surface area contributed by atoms with E-state index in [4.69, 9.17) is 0 Å². The molecule has 21 heavy (non-hydrogen) atoms. The zero-order valence-electron chi connectivity index (χ0n) is 13.4. The van der Waals surface area contributed by atoms with Gasteiger partial charge in [-0.3, -0.25) is 0 Å². The van der Waals surface area contributed by atoms with E-state index in [0.717, 1.165) is 12.0 Å². The minimum atomic E-state index is 0.644. The molecule has 1 saturated carbocycles. The van der Waals surface area contributed by atoms with Crippen molar-refractivity contribution in [1.29, 1.82) is 0 Å². The Balaban J connectivity index is 1.62. The molecule has 0 aromatic heterocycles. The second-order valence-corrected chi connectivity index (χ2v) is 6.84. The van der Waals surface area contributed by atoms with Crippen molar-refractivity contribution < 1.29 is 0 Å². The maximum atomic E-state index is 3.80. The number of piperidine rings is 1. The monoisotopic (exact) mass is 287 g/mol. The Bertz CT molecular complexity index is 434. The molecule has 1 saturated heterocycles. The van der Waals surface area contributed by atoms with Gasteiger partial charge in [-0.1, -0.05) is 12.8 Å². The minimum Gasteiger partial charge on any atom is -0.382 e. The van der Waals surface area contributed by atoms with E-state index in [9.17, 15) is 0 Å². The fourth-order valence-electron chi connectivity index (χ4n) is 3.96. The highest BCUT2D eigenvalue weighted by molar-refractivity contribution is 5.54. The molecule has 1 aliphatic carbocycles. The second kappa shape index (κ2) is 6.69. The summed E-state index contributed by atoms with van der Waals surface area (Å²) in [6, 6.07) is 10.2. The lowest BCUT2D eigenvalue weighted by atomic mass is 9.88. The minimum absolute atomic E-state index is 0.644. The first-order valence-electron chi connectivity index (χ1n) is 8.51. The first-order valence-corrected chi connectivity index (χ1v) is 8.51. The quantitative estimate of drug-likeness (QED) is 0.888. The lowest BCUT2D eigenvalue weighted by Crippen LogP contribution is -2.44. The maximum Gasteiger partial charge on any atom is 0.0362 e. The van der Waals surface area contributed by atoms with Gasteiger partial charge in [-0.15, -0.1) is 0 Å². The molecule has 3 unspecified atom stereocenters. The predicted molar refractivity (Wildman–Crippen MR) is 91.2 cm³/mol. The van der Waals surface area contributed by atoms with Gasteiger partial charge in [0.1, 0.15) is 0 Å². The number of rotatable bonds is 4. The van der Waals surface area contributed by atoms with E-state index >= 15 is 0 Å². The fourth-order valence-corrected chi connectivity index (χ4v) is 3.96. The third-order valence-electron chi connectivity index (χ3n) is 5.17. The van der Waals surface area contributed by atoms with Gasteiger partial charge in [0.25, 0.3) is 0 Å². The molecule has 0 spiro atoms. The van der Waals surface area contributed by atoms with Crippen molar-refractivity contribution in [2.24, 2.45) is 5.92 Å². The molecule has 1 aliphatic heterocycles. The van der Waals surface area contributed by atoms with Crippen LogP contribution in [0.1, 0.15) is 38.5 Å². The van der Waals surface area contributed by atoms with Gasteiger partial charge < -0.3 is 15.5 Å². The van der Waals surface area contributed by atoms with E-state index in [0.29, 0.717) is 6.04 Å². The van der Waals surface area contributed by atoms with E-state index in [1.807, 2.05) is 0 Å². The molecule has 2 N–H and O–H groups in total. The van der Waals surface area contributed by atoms with Gasteiger partial charge in [0.05, 0.1) is 0 Å². The first kappa shape index (κ1) is 14.7. The highest BCUT2D eigenvalue weighted by Gasteiger charge is 2.34. The Labute approximate surface area is 129 Å². The number of hydrogen-bond donors (Lipinski definition) is 2. The molecule has 1 aromatic carbocycles. The molecular formula is C18H29N3. The molecule has 3 nitrogen and oxygen atoms in total. The van der Waals surface area contributed by atoms with Crippen LogP contribution in [-0.2, 0) is 0 Å². The van der Waals surface area contributed by atoms with Gasteiger partial charge in [0.15, 0.2) is 0 Å². The Morgan fingerprint density at radius 3 is 2.48 bits per heavy atom. The smallest absolute Gasteiger partial charge is 0.0362 e. The van der Waals surface area contributed by atoms with Crippen LogP contribution in [0.3, 0.4) is 0 Å². The fraction of sp³-hybridized carbons (Fsp3) is 0.667. The number of anilines is 2. The van der Waals surface area contributed by atoms with Gasteiger partial charge >= 0.3 is 0 Å².